The van der Waals surface area contributed by atoms with E-state index < -0.39 is 0 Å². The number of furan rings is 1. The molecule has 0 aliphatic heterocycles. The molecule has 0 aliphatic rings. The minimum Gasteiger partial charge on any atom is -0.461 e. The van der Waals surface area contributed by atoms with E-state index in [9.17, 15) is 0 Å². The molecule has 0 saturated heterocycles. The van der Waals surface area contributed by atoms with Gasteiger partial charge in [0, 0.05) is 38.1 Å². The summed E-state index contributed by atoms with van der Waals surface area (Å²) in [4.78, 5) is 11.2. The number of benzene rings is 1. The zero-order valence-corrected chi connectivity index (χ0v) is 16.2. The van der Waals surface area contributed by atoms with Crippen molar-refractivity contribution in [3.8, 4) is 11.6 Å². The van der Waals surface area contributed by atoms with Crippen molar-refractivity contribution in [3.63, 3.8) is 0 Å². The number of hydrogen-bond donors (Lipinski definition) is 2. The minimum atomic E-state index is 0.561. The van der Waals surface area contributed by atoms with E-state index in [0.717, 1.165) is 29.9 Å². The summed E-state index contributed by atoms with van der Waals surface area (Å²) in [5.41, 5.74) is 1.17. The summed E-state index contributed by atoms with van der Waals surface area (Å²) in [6.45, 7) is 4.19. The van der Waals surface area contributed by atoms with Gasteiger partial charge in [-0.25, -0.2) is 4.98 Å². The maximum atomic E-state index is 5.95. The van der Waals surface area contributed by atoms with Crippen LogP contribution in [-0.4, -0.2) is 46.2 Å². The first-order valence-electron chi connectivity index (χ1n) is 8.84. The number of guanidine groups is 1. The van der Waals surface area contributed by atoms with Gasteiger partial charge in [0.15, 0.2) is 11.7 Å². The molecule has 3 rings (SSSR count). The number of halogens is 1. The third-order valence-corrected chi connectivity index (χ3v) is 4.16. The standard InChI is InChI=1S/C19H23ClN6O/c1-3-21-19(26(2)13-14-6-8-15(20)9-7-14)22-11-10-17-23-18(25-24-17)16-5-4-12-27-16/h4-9,12H,3,10-11,13H2,1-2H3,(H,21,22)(H,23,24,25). The molecule has 142 valence electrons. The van der Waals surface area contributed by atoms with Gasteiger partial charge >= 0.3 is 0 Å². The fourth-order valence-corrected chi connectivity index (χ4v) is 2.73. The Labute approximate surface area is 163 Å². The lowest BCUT2D eigenvalue weighted by Crippen LogP contribution is -2.38. The average Bonchev–Trinajstić information content (AvgIpc) is 3.34. The second-order valence-corrected chi connectivity index (χ2v) is 6.49. The highest BCUT2D eigenvalue weighted by Gasteiger charge is 2.09. The number of aliphatic imine (C=N–C) groups is 1. The Kier molecular flexibility index (Phi) is 6.49. The molecule has 0 bridgehead atoms. The van der Waals surface area contributed by atoms with Crippen LogP contribution in [0.4, 0.5) is 0 Å². The van der Waals surface area contributed by atoms with E-state index in [4.69, 9.17) is 16.0 Å². The number of H-pyrrole nitrogens is 1. The largest absolute Gasteiger partial charge is 0.461 e. The number of nitrogens with one attached hydrogen (secondary N) is 2. The number of nitrogens with zero attached hydrogens (tertiary/aromatic N) is 4. The quantitative estimate of drug-likeness (QED) is 0.480. The summed E-state index contributed by atoms with van der Waals surface area (Å²) in [7, 11) is 2.01. The number of aromatic amines is 1. The maximum absolute atomic E-state index is 5.95. The molecular formula is C19H23ClN6O. The van der Waals surface area contributed by atoms with Crippen LogP contribution in [0.15, 0.2) is 52.1 Å². The molecule has 8 heteroatoms. The Balaban J connectivity index is 1.59. The molecule has 2 aromatic heterocycles. The van der Waals surface area contributed by atoms with Gasteiger partial charge in [-0.2, -0.15) is 5.10 Å². The van der Waals surface area contributed by atoms with Crippen LogP contribution in [-0.2, 0) is 13.0 Å². The lowest BCUT2D eigenvalue weighted by atomic mass is 10.2. The van der Waals surface area contributed by atoms with E-state index in [0.29, 0.717) is 24.6 Å². The van der Waals surface area contributed by atoms with Crippen molar-refractivity contribution in [1.82, 2.24) is 25.4 Å². The Morgan fingerprint density at radius 1 is 1.30 bits per heavy atom. The van der Waals surface area contributed by atoms with Gasteiger partial charge in [-0.1, -0.05) is 23.7 Å². The van der Waals surface area contributed by atoms with Crippen molar-refractivity contribution in [2.24, 2.45) is 4.99 Å². The molecule has 7 nitrogen and oxygen atoms in total. The van der Waals surface area contributed by atoms with Crippen LogP contribution in [0.2, 0.25) is 5.02 Å². The van der Waals surface area contributed by atoms with Crippen molar-refractivity contribution < 1.29 is 4.42 Å². The summed E-state index contributed by atoms with van der Waals surface area (Å²) in [6.07, 6.45) is 2.27. The lowest BCUT2D eigenvalue weighted by Gasteiger charge is -2.22. The highest BCUT2D eigenvalue weighted by atomic mass is 35.5. The van der Waals surface area contributed by atoms with Crippen molar-refractivity contribution in [3.05, 3.63) is 59.1 Å². The minimum absolute atomic E-state index is 0.561. The van der Waals surface area contributed by atoms with Gasteiger partial charge in [-0.05, 0) is 36.8 Å². The second-order valence-electron chi connectivity index (χ2n) is 6.05. The Morgan fingerprint density at radius 3 is 2.81 bits per heavy atom. The molecule has 0 saturated carbocycles. The fraction of sp³-hybridized carbons (Fsp3) is 0.316. The number of aromatic nitrogens is 3. The van der Waals surface area contributed by atoms with E-state index >= 15 is 0 Å². The van der Waals surface area contributed by atoms with Gasteiger partial charge in [0.1, 0.15) is 5.82 Å². The Hall–Kier alpha value is -2.80. The molecule has 0 aliphatic carbocycles. The fourth-order valence-electron chi connectivity index (χ4n) is 2.60. The molecule has 0 spiro atoms. The third-order valence-electron chi connectivity index (χ3n) is 3.91. The lowest BCUT2D eigenvalue weighted by molar-refractivity contribution is 0.477. The predicted octanol–water partition coefficient (Wildman–Crippen LogP) is 3.36. The SMILES string of the molecule is CCNC(=NCCc1nc(-c2ccco2)n[nH]1)N(C)Cc1ccc(Cl)cc1. The van der Waals surface area contributed by atoms with Crippen molar-refractivity contribution in [2.75, 3.05) is 20.1 Å². The van der Waals surface area contributed by atoms with Crippen LogP contribution in [0.1, 0.15) is 18.3 Å². The van der Waals surface area contributed by atoms with Gasteiger partial charge in [0.05, 0.1) is 6.26 Å². The van der Waals surface area contributed by atoms with Crippen LogP contribution in [0.25, 0.3) is 11.6 Å². The van der Waals surface area contributed by atoms with Crippen LogP contribution in [0.3, 0.4) is 0 Å². The van der Waals surface area contributed by atoms with Gasteiger partial charge in [0.2, 0.25) is 5.82 Å². The van der Waals surface area contributed by atoms with Crippen molar-refractivity contribution in [1.29, 1.82) is 0 Å². The molecule has 0 amide bonds. The van der Waals surface area contributed by atoms with Crippen molar-refractivity contribution in [2.45, 2.75) is 19.9 Å². The molecule has 2 heterocycles. The second kappa shape index (κ2) is 9.23. The Bertz CT molecular complexity index is 857. The normalized spacial score (nSPS) is 11.6. The summed E-state index contributed by atoms with van der Waals surface area (Å²) >= 11 is 5.95. The van der Waals surface area contributed by atoms with Crippen LogP contribution in [0, 0.1) is 0 Å². The predicted molar refractivity (Wildman–Crippen MR) is 107 cm³/mol. The molecule has 2 N–H and O–H groups in total. The topological polar surface area (TPSA) is 82.3 Å². The highest BCUT2D eigenvalue weighted by Crippen LogP contribution is 2.14. The van der Waals surface area contributed by atoms with Crippen LogP contribution in [0.5, 0.6) is 0 Å². The molecular weight excluding hydrogens is 364 g/mol. The number of hydrogen-bond acceptors (Lipinski definition) is 4. The van der Waals surface area contributed by atoms with Gasteiger partial charge in [-0.15, -0.1) is 0 Å². The van der Waals surface area contributed by atoms with Gasteiger partial charge in [-0.3, -0.25) is 10.1 Å². The first-order chi connectivity index (χ1) is 13.2. The summed E-state index contributed by atoms with van der Waals surface area (Å²) in [6, 6.07) is 11.5. The van der Waals surface area contributed by atoms with Crippen molar-refractivity contribution >= 4 is 17.6 Å². The first-order valence-corrected chi connectivity index (χ1v) is 9.22. The summed E-state index contributed by atoms with van der Waals surface area (Å²) < 4.78 is 5.31. The summed E-state index contributed by atoms with van der Waals surface area (Å²) in [5.74, 6) is 2.84. The molecule has 1 aromatic carbocycles. The van der Waals surface area contributed by atoms with Crippen LogP contribution >= 0.6 is 11.6 Å². The third kappa shape index (κ3) is 5.34. The molecule has 0 radical (unpaired) electrons. The van der Waals surface area contributed by atoms with Crippen LogP contribution < -0.4 is 5.32 Å². The smallest absolute Gasteiger partial charge is 0.216 e. The zero-order chi connectivity index (χ0) is 19.1. The molecule has 27 heavy (non-hydrogen) atoms. The molecule has 0 fully saturated rings. The van der Waals surface area contributed by atoms with E-state index in [2.05, 4.69) is 37.3 Å². The molecule has 0 unspecified atom stereocenters. The maximum Gasteiger partial charge on any atom is 0.216 e. The van der Waals surface area contributed by atoms with E-state index in [-0.39, 0.29) is 0 Å². The monoisotopic (exact) mass is 386 g/mol. The highest BCUT2D eigenvalue weighted by molar-refractivity contribution is 6.30. The first kappa shape index (κ1) is 19.0. The van der Waals surface area contributed by atoms with Gasteiger partial charge in [0.25, 0.3) is 0 Å². The van der Waals surface area contributed by atoms with E-state index in [1.54, 1.807) is 6.26 Å². The average molecular weight is 387 g/mol. The van der Waals surface area contributed by atoms with E-state index in [1.807, 2.05) is 43.4 Å². The van der Waals surface area contributed by atoms with E-state index in [1.165, 1.54) is 5.56 Å². The van der Waals surface area contributed by atoms with Gasteiger partial charge < -0.3 is 14.6 Å². The Morgan fingerprint density at radius 2 is 2.11 bits per heavy atom. The summed E-state index contributed by atoms with van der Waals surface area (Å²) in [5, 5.41) is 11.2. The molecule has 0 atom stereocenters. The molecule has 3 aromatic rings. The number of rotatable bonds is 7. The zero-order valence-electron chi connectivity index (χ0n) is 15.4.